The Morgan fingerprint density at radius 2 is 1.85 bits per heavy atom. The Hall–Kier alpha value is -1.65. The van der Waals surface area contributed by atoms with Crippen LogP contribution in [-0.2, 0) is 10.2 Å². The second kappa shape index (κ2) is 5.38. The molecule has 0 aromatic heterocycles. The highest BCUT2D eigenvalue weighted by molar-refractivity contribution is 5.69. The molecule has 1 aliphatic rings. The van der Waals surface area contributed by atoms with Crippen molar-refractivity contribution in [1.82, 2.24) is 0 Å². The van der Waals surface area contributed by atoms with E-state index >= 15 is 0 Å². The predicted molar refractivity (Wildman–Crippen MR) is 70.3 cm³/mol. The number of halogens is 2. The third kappa shape index (κ3) is 2.92. The first-order valence-electron chi connectivity index (χ1n) is 6.62. The summed E-state index contributed by atoms with van der Waals surface area (Å²) in [5, 5.41) is 9.16. The van der Waals surface area contributed by atoms with Gasteiger partial charge in [0.05, 0.1) is 13.5 Å². The van der Waals surface area contributed by atoms with Crippen molar-refractivity contribution in [3.8, 4) is 5.75 Å². The minimum Gasteiger partial charge on any atom is -0.496 e. The zero-order valence-corrected chi connectivity index (χ0v) is 11.4. The minimum atomic E-state index is -2.69. The number of rotatable bonds is 4. The van der Waals surface area contributed by atoms with Crippen LogP contribution in [-0.4, -0.2) is 24.1 Å². The molecule has 1 fully saturated rings. The summed E-state index contributed by atoms with van der Waals surface area (Å²) < 4.78 is 32.1. The summed E-state index contributed by atoms with van der Waals surface area (Å²) in [4.78, 5) is 11.2. The van der Waals surface area contributed by atoms with E-state index in [0.717, 1.165) is 5.56 Å². The number of methoxy groups -OCH3 is 1. The summed E-state index contributed by atoms with van der Waals surface area (Å²) in [6.45, 7) is 0. The first kappa shape index (κ1) is 14.8. The second-order valence-corrected chi connectivity index (χ2v) is 5.41. The number of para-hydroxylation sites is 1. The van der Waals surface area contributed by atoms with E-state index in [0.29, 0.717) is 5.75 Å². The van der Waals surface area contributed by atoms with Crippen molar-refractivity contribution < 1.29 is 23.4 Å². The van der Waals surface area contributed by atoms with Crippen LogP contribution >= 0.6 is 0 Å². The molecular weight excluding hydrogens is 266 g/mol. The van der Waals surface area contributed by atoms with Gasteiger partial charge in [0.15, 0.2) is 0 Å². The fourth-order valence-corrected chi connectivity index (χ4v) is 3.01. The molecule has 0 atom stereocenters. The third-order valence-corrected chi connectivity index (χ3v) is 4.11. The van der Waals surface area contributed by atoms with Crippen molar-refractivity contribution in [1.29, 1.82) is 0 Å². The van der Waals surface area contributed by atoms with Crippen LogP contribution in [0.25, 0.3) is 0 Å². The van der Waals surface area contributed by atoms with Gasteiger partial charge >= 0.3 is 5.97 Å². The van der Waals surface area contributed by atoms with Gasteiger partial charge in [0, 0.05) is 23.8 Å². The van der Waals surface area contributed by atoms with E-state index in [-0.39, 0.29) is 32.1 Å². The highest BCUT2D eigenvalue weighted by Gasteiger charge is 2.46. The molecule has 1 N–H and O–H groups in total. The number of hydrogen-bond acceptors (Lipinski definition) is 2. The fraction of sp³-hybridized carbons (Fsp3) is 0.533. The average molecular weight is 284 g/mol. The minimum absolute atomic E-state index is 0.149. The van der Waals surface area contributed by atoms with Crippen molar-refractivity contribution in [3.05, 3.63) is 29.8 Å². The number of hydrogen-bond donors (Lipinski definition) is 1. The molecule has 0 unspecified atom stereocenters. The van der Waals surface area contributed by atoms with Crippen LogP contribution in [0, 0.1) is 0 Å². The Balaban J connectivity index is 2.40. The van der Waals surface area contributed by atoms with Crippen LogP contribution in [0.4, 0.5) is 8.78 Å². The molecule has 2 rings (SSSR count). The lowest BCUT2D eigenvalue weighted by Crippen LogP contribution is -2.38. The van der Waals surface area contributed by atoms with E-state index in [2.05, 4.69) is 0 Å². The maximum atomic E-state index is 13.4. The van der Waals surface area contributed by atoms with Gasteiger partial charge in [0.25, 0.3) is 0 Å². The van der Waals surface area contributed by atoms with Gasteiger partial charge < -0.3 is 9.84 Å². The monoisotopic (exact) mass is 284 g/mol. The Morgan fingerprint density at radius 1 is 1.25 bits per heavy atom. The molecule has 1 aromatic rings. The van der Waals surface area contributed by atoms with Gasteiger partial charge in [-0.25, -0.2) is 8.78 Å². The number of carbonyl (C=O) groups is 1. The average Bonchev–Trinajstić information content (AvgIpc) is 2.41. The van der Waals surface area contributed by atoms with Crippen LogP contribution in [0.15, 0.2) is 24.3 Å². The van der Waals surface area contributed by atoms with E-state index in [1.165, 1.54) is 7.11 Å². The molecule has 5 heteroatoms. The van der Waals surface area contributed by atoms with Gasteiger partial charge in [-0.1, -0.05) is 18.2 Å². The molecule has 110 valence electrons. The summed E-state index contributed by atoms with van der Waals surface area (Å²) in [6.07, 6.45) is -0.389. The van der Waals surface area contributed by atoms with Crippen molar-refractivity contribution in [2.45, 2.75) is 43.4 Å². The third-order valence-electron chi connectivity index (χ3n) is 4.11. The van der Waals surface area contributed by atoms with Crippen molar-refractivity contribution in [2.75, 3.05) is 7.11 Å². The number of alkyl halides is 2. The molecule has 1 saturated carbocycles. The van der Waals surface area contributed by atoms with Gasteiger partial charge in [-0.3, -0.25) is 4.79 Å². The molecule has 0 aliphatic heterocycles. The molecule has 0 radical (unpaired) electrons. The topological polar surface area (TPSA) is 46.5 Å². The highest BCUT2D eigenvalue weighted by atomic mass is 19.3. The van der Waals surface area contributed by atoms with E-state index in [4.69, 9.17) is 9.84 Å². The molecule has 3 nitrogen and oxygen atoms in total. The fourth-order valence-electron chi connectivity index (χ4n) is 3.01. The summed E-state index contributed by atoms with van der Waals surface area (Å²) >= 11 is 0. The lowest BCUT2D eigenvalue weighted by atomic mass is 9.66. The standard InChI is InChI=1S/C15H18F2O3/c1-20-12-5-3-2-4-11(12)14(10-13(18)19)6-8-15(16,17)9-7-14/h2-5H,6-10H2,1H3,(H,18,19). The lowest BCUT2D eigenvalue weighted by Gasteiger charge is -2.40. The molecule has 1 aliphatic carbocycles. The summed E-state index contributed by atoms with van der Waals surface area (Å²) in [6, 6.07) is 7.10. The number of aliphatic carboxylic acids is 1. The van der Waals surface area contributed by atoms with Crippen LogP contribution in [0.1, 0.15) is 37.7 Å². The smallest absolute Gasteiger partial charge is 0.304 e. The van der Waals surface area contributed by atoms with Gasteiger partial charge in [-0.05, 0) is 18.9 Å². The van der Waals surface area contributed by atoms with E-state index in [1.807, 2.05) is 0 Å². The van der Waals surface area contributed by atoms with E-state index < -0.39 is 17.3 Å². The highest BCUT2D eigenvalue weighted by Crippen LogP contribution is 2.49. The van der Waals surface area contributed by atoms with Crippen molar-refractivity contribution in [2.24, 2.45) is 0 Å². The number of ether oxygens (including phenoxy) is 1. The summed E-state index contributed by atoms with van der Waals surface area (Å²) in [5.74, 6) is -3.09. The summed E-state index contributed by atoms with van der Waals surface area (Å²) in [7, 11) is 1.50. The molecule has 0 heterocycles. The number of carboxylic acid groups (broad SMARTS) is 1. The summed E-state index contributed by atoms with van der Waals surface area (Å²) in [5.41, 5.74) is -0.0412. The first-order chi connectivity index (χ1) is 9.38. The molecule has 1 aromatic carbocycles. The largest absolute Gasteiger partial charge is 0.496 e. The van der Waals surface area contributed by atoms with Gasteiger partial charge in [0.2, 0.25) is 5.92 Å². The number of carboxylic acids is 1. The van der Waals surface area contributed by atoms with Crippen LogP contribution in [0.5, 0.6) is 5.75 Å². The molecule has 0 spiro atoms. The van der Waals surface area contributed by atoms with Crippen molar-refractivity contribution >= 4 is 5.97 Å². The Morgan fingerprint density at radius 3 is 2.40 bits per heavy atom. The number of benzene rings is 1. The normalized spacial score (nSPS) is 20.4. The quantitative estimate of drug-likeness (QED) is 0.918. The van der Waals surface area contributed by atoms with Gasteiger partial charge in [-0.15, -0.1) is 0 Å². The zero-order chi connectivity index (χ0) is 14.8. The lowest BCUT2D eigenvalue weighted by molar-refractivity contribution is -0.140. The van der Waals surface area contributed by atoms with Crippen LogP contribution in [0.3, 0.4) is 0 Å². The van der Waals surface area contributed by atoms with Crippen LogP contribution < -0.4 is 4.74 Å². The van der Waals surface area contributed by atoms with Gasteiger partial charge in [0.1, 0.15) is 5.75 Å². The molecule has 20 heavy (non-hydrogen) atoms. The predicted octanol–water partition coefficient (Wildman–Crippen LogP) is 3.62. The van der Waals surface area contributed by atoms with E-state index in [1.54, 1.807) is 24.3 Å². The molecule has 0 amide bonds. The second-order valence-electron chi connectivity index (χ2n) is 5.41. The Bertz CT molecular complexity index is 490. The molecule has 0 saturated heterocycles. The maximum Gasteiger partial charge on any atom is 0.304 e. The Kier molecular flexibility index (Phi) is 3.97. The van der Waals surface area contributed by atoms with E-state index in [9.17, 15) is 13.6 Å². The molecule has 0 bridgehead atoms. The molecular formula is C15H18F2O3. The van der Waals surface area contributed by atoms with Gasteiger partial charge in [-0.2, -0.15) is 0 Å². The van der Waals surface area contributed by atoms with Crippen LogP contribution in [0.2, 0.25) is 0 Å². The Labute approximate surface area is 116 Å². The maximum absolute atomic E-state index is 13.4. The SMILES string of the molecule is COc1ccccc1C1(CC(=O)O)CCC(F)(F)CC1. The zero-order valence-electron chi connectivity index (χ0n) is 11.4. The van der Waals surface area contributed by atoms with Crippen molar-refractivity contribution in [3.63, 3.8) is 0 Å². The first-order valence-corrected chi connectivity index (χ1v) is 6.62.